The molecule has 30 heavy (non-hydrogen) atoms. The van der Waals surface area contributed by atoms with Gasteiger partial charge in [-0.1, -0.05) is 75.8 Å². The number of thioether (sulfide) groups is 1. The summed E-state index contributed by atoms with van der Waals surface area (Å²) in [4.78, 5) is 11.6. The molecule has 1 aliphatic carbocycles. The van der Waals surface area contributed by atoms with Crippen molar-refractivity contribution in [1.29, 1.82) is 0 Å². The summed E-state index contributed by atoms with van der Waals surface area (Å²) in [6, 6.07) is 9.49. The Hall–Kier alpha value is -1.04. The Labute approximate surface area is 186 Å². The molecule has 0 amide bonds. The zero-order valence-electron chi connectivity index (χ0n) is 18.4. The molecule has 0 saturated heterocycles. The summed E-state index contributed by atoms with van der Waals surface area (Å²) in [7, 11) is 0. The number of aliphatic hydroxyl groups excluding tert-OH is 2. The van der Waals surface area contributed by atoms with E-state index < -0.39 is 11.9 Å². The molecule has 0 spiro atoms. The van der Waals surface area contributed by atoms with Crippen LogP contribution in [0, 0.1) is 5.92 Å². The van der Waals surface area contributed by atoms with E-state index in [0.717, 1.165) is 62.7 Å². The van der Waals surface area contributed by atoms with E-state index in [1.165, 1.54) is 12.8 Å². The molecule has 4 nitrogen and oxygen atoms in total. The van der Waals surface area contributed by atoms with Crippen LogP contribution in [0.4, 0.5) is 0 Å². The smallest absolute Gasteiger partial charge is 0.310 e. The molecule has 0 bridgehead atoms. The minimum atomic E-state index is -0.749. The Morgan fingerprint density at radius 3 is 2.50 bits per heavy atom. The average molecular weight is 437 g/mol. The van der Waals surface area contributed by atoms with Crippen LogP contribution in [0.15, 0.2) is 30.3 Å². The Morgan fingerprint density at radius 2 is 1.80 bits per heavy atom. The van der Waals surface area contributed by atoms with Crippen molar-refractivity contribution in [3.63, 3.8) is 0 Å². The maximum Gasteiger partial charge on any atom is 0.310 e. The fraction of sp³-hybridized carbons (Fsp3) is 0.720. The number of hydrogen-bond acceptors (Lipinski definition) is 4. The standard InChI is InChI=1S/C25H40O4S/c1-2-3-6-13-20(26)18-30-24-17-16-23(27)22(24)15-10-5-9-14-21(25(28)29)19-11-7-4-8-12-19/h4,7-8,11-12,20-24,26-27H,2-3,5-6,9-10,13-18H2,1H3,(H,28,29). The van der Waals surface area contributed by atoms with Gasteiger partial charge in [-0.2, -0.15) is 11.8 Å². The summed E-state index contributed by atoms with van der Waals surface area (Å²) >= 11 is 1.84. The van der Waals surface area contributed by atoms with Gasteiger partial charge in [-0.3, -0.25) is 4.79 Å². The van der Waals surface area contributed by atoms with Gasteiger partial charge < -0.3 is 15.3 Å². The average Bonchev–Trinajstić information content (AvgIpc) is 3.09. The molecule has 0 radical (unpaired) electrons. The molecule has 5 heteroatoms. The second-order valence-corrected chi connectivity index (χ2v) is 10.0. The molecule has 1 aromatic rings. The summed E-state index contributed by atoms with van der Waals surface area (Å²) in [5.74, 6) is -0.0982. The molecule has 0 aromatic heterocycles. The zero-order chi connectivity index (χ0) is 21.8. The van der Waals surface area contributed by atoms with Crippen LogP contribution in [0.25, 0.3) is 0 Å². The van der Waals surface area contributed by atoms with Crippen LogP contribution in [0.1, 0.15) is 89.0 Å². The van der Waals surface area contributed by atoms with Crippen LogP contribution >= 0.6 is 11.8 Å². The fourth-order valence-electron chi connectivity index (χ4n) is 4.57. The molecule has 0 heterocycles. The first-order valence-corrected chi connectivity index (χ1v) is 12.8. The van der Waals surface area contributed by atoms with Crippen molar-refractivity contribution >= 4 is 17.7 Å². The predicted octanol–water partition coefficient (Wildman–Crippen LogP) is 5.62. The van der Waals surface area contributed by atoms with Gasteiger partial charge >= 0.3 is 5.97 Å². The van der Waals surface area contributed by atoms with E-state index in [1.807, 2.05) is 42.1 Å². The number of hydrogen-bond donors (Lipinski definition) is 3. The van der Waals surface area contributed by atoms with Crippen molar-refractivity contribution in [3.05, 3.63) is 35.9 Å². The van der Waals surface area contributed by atoms with Crippen molar-refractivity contribution in [2.24, 2.45) is 5.92 Å². The SMILES string of the molecule is CCCCCC(O)CSC1CCC(O)C1CCCCCC(C(=O)O)c1ccccc1. The molecule has 1 saturated carbocycles. The third-order valence-corrected chi connectivity index (χ3v) is 7.98. The van der Waals surface area contributed by atoms with Gasteiger partial charge in [-0.25, -0.2) is 0 Å². The topological polar surface area (TPSA) is 77.8 Å². The zero-order valence-corrected chi connectivity index (χ0v) is 19.2. The monoisotopic (exact) mass is 436 g/mol. The Bertz CT molecular complexity index is 594. The molecule has 1 fully saturated rings. The van der Waals surface area contributed by atoms with E-state index in [0.29, 0.717) is 17.6 Å². The maximum atomic E-state index is 11.6. The summed E-state index contributed by atoms with van der Waals surface area (Å²) in [6.07, 6.45) is 10.3. The first-order valence-electron chi connectivity index (χ1n) is 11.8. The van der Waals surface area contributed by atoms with E-state index >= 15 is 0 Å². The number of carboxylic acids is 1. The van der Waals surface area contributed by atoms with Crippen LogP contribution in [-0.2, 0) is 4.79 Å². The van der Waals surface area contributed by atoms with Crippen molar-refractivity contribution in [2.75, 3.05) is 5.75 Å². The maximum absolute atomic E-state index is 11.6. The van der Waals surface area contributed by atoms with Crippen LogP contribution in [0.5, 0.6) is 0 Å². The van der Waals surface area contributed by atoms with E-state index in [-0.39, 0.29) is 12.2 Å². The van der Waals surface area contributed by atoms with E-state index in [1.54, 1.807) is 0 Å². The van der Waals surface area contributed by atoms with Gasteiger partial charge in [0, 0.05) is 11.0 Å². The quantitative estimate of drug-likeness (QED) is 0.311. The van der Waals surface area contributed by atoms with Gasteiger partial charge in [0.2, 0.25) is 0 Å². The molecule has 5 atom stereocenters. The summed E-state index contributed by atoms with van der Waals surface area (Å²) in [6.45, 7) is 2.18. The highest BCUT2D eigenvalue weighted by Crippen LogP contribution is 2.39. The van der Waals surface area contributed by atoms with Crippen LogP contribution < -0.4 is 0 Å². The first kappa shape index (κ1) is 25.2. The number of carbonyl (C=O) groups is 1. The predicted molar refractivity (Wildman–Crippen MR) is 125 cm³/mol. The third kappa shape index (κ3) is 8.60. The van der Waals surface area contributed by atoms with Gasteiger partial charge in [0.1, 0.15) is 0 Å². The normalized spacial score (nSPS) is 23.4. The highest BCUT2D eigenvalue weighted by Gasteiger charge is 2.34. The van der Waals surface area contributed by atoms with Gasteiger partial charge in [0.05, 0.1) is 18.1 Å². The molecule has 1 aliphatic rings. The number of aliphatic carboxylic acids is 1. The van der Waals surface area contributed by atoms with Crippen molar-refractivity contribution in [2.45, 2.75) is 101 Å². The van der Waals surface area contributed by atoms with Crippen LogP contribution in [-0.4, -0.2) is 44.5 Å². The number of aliphatic hydroxyl groups is 2. The largest absolute Gasteiger partial charge is 0.481 e. The molecule has 3 N–H and O–H groups in total. The lowest BCUT2D eigenvalue weighted by atomic mass is 9.92. The summed E-state index contributed by atoms with van der Waals surface area (Å²) in [5.41, 5.74) is 0.880. The lowest BCUT2D eigenvalue weighted by Crippen LogP contribution is -2.22. The van der Waals surface area contributed by atoms with Gasteiger partial charge in [0.15, 0.2) is 0 Å². The molecule has 0 aliphatic heterocycles. The van der Waals surface area contributed by atoms with E-state index in [4.69, 9.17) is 0 Å². The number of rotatable bonds is 15. The van der Waals surface area contributed by atoms with Crippen LogP contribution in [0.3, 0.4) is 0 Å². The number of benzene rings is 1. The molecule has 2 rings (SSSR count). The summed E-state index contributed by atoms with van der Waals surface area (Å²) < 4.78 is 0. The number of unbranched alkanes of at least 4 members (excludes halogenated alkanes) is 4. The Balaban J connectivity index is 1.68. The van der Waals surface area contributed by atoms with Crippen LogP contribution in [0.2, 0.25) is 0 Å². The molecule has 5 unspecified atom stereocenters. The minimum Gasteiger partial charge on any atom is -0.481 e. The van der Waals surface area contributed by atoms with Gasteiger partial charge in [0.25, 0.3) is 0 Å². The van der Waals surface area contributed by atoms with Gasteiger partial charge in [-0.15, -0.1) is 0 Å². The van der Waals surface area contributed by atoms with E-state index in [9.17, 15) is 20.1 Å². The second-order valence-electron chi connectivity index (χ2n) is 8.77. The minimum absolute atomic E-state index is 0.226. The molecular weight excluding hydrogens is 396 g/mol. The Kier molecular flexibility index (Phi) is 11.9. The molecule has 1 aromatic carbocycles. The van der Waals surface area contributed by atoms with Crippen molar-refractivity contribution in [1.82, 2.24) is 0 Å². The van der Waals surface area contributed by atoms with Crippen molar-refractivity contribution in [3.8, 4) is 0 Å². The fourth-order valence-corrected chi connectivity index (χ4v) is 6.07. The van der Waals surface area contributed by atoms with E-state index in [2.05, 4.69) is 6.92 Å². The first-order chi connectivity index (χ1) is 14.5. The third-order valence-electron chi connectivity index (χ3n) is 6.39. The lowest BCUT2D eigenvalue weighted by molar-refractivity contribution is -0.139. The lowest BCUT2D eigenvalue weighted by Gasteiger charge is -2.23. The molecular formula is C25H40O4S. The molecule has 170 valence electrons. The van der Waals surface area contributed by atoms with Gasteiger partial charge in [-0.05, 0) is 43.6 Å². The highest BCUT2D eigenvalue weighted by atomic mass is 32.2. The highest BCUT2D eigenvalue weighted by molar-refractivity contribution is 7.99. The second kappa shape index (κ2) is 14.1. The number of carboxylic acid groups (broad SMARTS) is 1. The van der Waals surface area contributed by atoms with Crippen molar-refractivity contribution < 1.29 is 20.1 Å². The Morgan fingerprint density at radius 1 is 1.07 bits per heavy atom. The summed E-state index contributed by atoms with van der Waals surface area (Å²) in [5, 5.41) is 30.6.